The van der Waals surface area contributed by atoms with E-state index in [1.807, 2.05) is 25.1 Å². The van der Waals surface area contributed by atoms with Crippen LogP contribution >= 0.6 is 0 Å². The van der Waals surface area contributed by atoms with Gasteiger partial charge in [-0.05, 0) is 48.9 Å². The van der Waals surface area contributed by atoms with E-state index in [4.69, 9.17) is 14.2 Å². The van der Waals surface area contributed by atoms with Crippen molar-refractivity contribution in [3.63, 3.8) is 0 Å². The molecule has 0 spiro atoms. The number of hydrogen-bond donors (Lipinski definition) is 1. The average Bonchev–Trinajstić information content (AvgIpc) is 2.61. The molecule has 1 amide bonds. The van der Waals surface area contributed by atoms with Gasteiger partial charge < -0.3 is 19.5 Å². The molecule has 0 unspecified atom stereocenters. The van der Waals surface area contributed by atoms with E-state index in [1.54, 1.807) is 37.4 Å². The SMILES string of the molecule is C=C(C)COc1ccccc1NC(=O)c1ccc(OCCOC)cc1. The normalized spacial score (nSPS) is 10.2. The van der Waals surface area contributed by atoms with Crippen LogP contribution in [0, 0.1) is 0 Å². The molecule has 25 heavy (non-hydrogen) atoms. The van der Waals surface area contributed by atoms with Crippen molar-refractivity contribution in [3.05, 3.63) is 66.2 Å². The maximum absolute atomic E-state index is 12.4. The molecule has 0 radical (unpaired) electrons. The number of methoxy groups -OCH3 is 1. The van der Waals surface area contributed by atoms with E-state index in [0.29, 0.717) is 42.6 Å². The van der Waals surface area contributed by atoms with Crippen LogP contribution in [0.15, 0.2) is 60.7 Å². The highest BCUT2D eigenvalue weighted by Gasteiger charge is 2.10. The fourth-order valence-electron chi connectivity index (χ4n) is 2.04. The molecule has 1 N–H and O–H groups in total. The Morgan fingerprint density at radius 1 is 1.04 bits per heavy atom. The van der Waals surface area contributed by atoms with E-state index in [2.05, 4.69) is 11.9 Å². The number of nitrogens with one attached hydrogen (secondary N) is 1. The number of carbonyl (C=O) groups is 1. The van der Waals surface area contributed by atoms with E-state index in [1.165, 1.54) is 0 Å². The minimum atomic E-state index is -0.213. The maximum Gasteiger partial charge on any atom is 0.255 e. The lowest BCUT2D eigenvalue weighted by Crippen LogP contribution is -2.13. The van der Waals surface area contributed by atoms with Crippen LogP contribution in [-0.2, 0) is 4.74 Å². The Balaban J connectivity index is 2.01. The standard InChI is InChI=1S/C20H23NO4/c1-15(2)14-25-19-7-5-4-6-18(19)21-20(22)16-8-10-17(11-9-16)24-13-12-23-3/h4-11H,1,12-14H2,2-3H3,(H,21,22). The lowest BCUT2D eigenvalue weighted by atomic mass is 10.2. The summed E-state index contributed by atoms with van der Waals surface area (Å²) < 4.78 is 16.1. The summed E-state index contributed by atoms with van der Waals surface area (Å²) in [5.41, 5.74) is 2.06. The lowest BCUT2D eigenvalue weighted by molar-refractivity contribution is 0.102. The smallest absolute Gasteiger partial charge is 0.255 e. The molecule has 5 heteroatoms. The summed E-state index contributed by atoms with van der Waals surface area (Å²) in [6.45, 7) is 7.09. The second-order valence-electron chi connectivity index (χ2n) is 5.56. The third-order valence-electron chi connectivity index (χ3n) is 3.28. The third kappa shape index (κ3) is 5.97. The van der Waals surface area contributed by atoms with Crippen molar-refractivity contribution in [2.24, 2.45) is 0 Å². The van der Waals surface area contributed by atoms with Gasteiger partial charge in [-0.3, -0.25) is 4.79 Å². The van der Waals surface area contributed by atoms with Gasteiger partial charge in [0.1, 0.15) is 24.7 Å². The van der Waals surface area contributed by atoms with Crippen LogP contribution in [0.1, 0.15) is 17.3 Å². The number of carbonyl (C=O) groups excluding carboxylic acids is 1. The molecular weight excluding hydrogens is 318 g/mol. The number of amides is 1. The molecule has 0 fully saturated rings. The van der Waals surface area contributed by atoms with Gasteiger partial charge in [0, 0.05) is 12.7 Å². The van der Waals surface area contributed by atoms with Crippen LogP contribution in [0.4, 0.5) is 5.69 Å². The van der Waals surface area contributed by atoms with Crippen molar-refractivity contribution in [2.45, 2.75) is 6.92 Å². The van der Waals surface area contributed by atoms with Crippen LogP contribution in [0.25, 0.3) is 0 Å². The number of benzene rings is 2. The van der Waals surface area contributed by atoms with Gasteiger partial charge in [0.05, 0.1) is 12.3 Å². The van der Waals surface area contributed by atoms with Gasteiger partial charge in [-0.2, -0.15) is 0 Å². The van der Waals surface area contributed by atoms with Gasteiger partial charge >= 0.3 is 0 Å². The molecule has 0 aliphatic heterocycles. The number of rotatable bonds is 9. The lowest BCUT2D eigenvalue weighted by Gasteiger charge is -2.12. The van der Waals surface area contributed by atoms with Gasteiger partial charge in [-0.15, -0.1) is 0 Å². The van der Waals surface area contributed by atoms with Gasteiger partial charge in [0.2, 0.25) is 0 Å². The van der Waals surface area contributed by atoms with Crippen molar-refractivity contribution in [1.82, 2.24) is 0 Å². The summed E-state index contributed by atoms with van der Waals surface area (Å²) in [5.74, 6) is 1.09. The summed E-state index contributed by atoms with van der Waals surface area (Å²) in [7, 11) is 1.62. The van der Waals surface area contributed by atoms with E-state index in [9.17, 15) is 4.79 Å². The van der Waals surface area contributed by atoms with Crippen LogP contribution in [-0.4, -0.2) is 32.8 Å². The first-order valence-electron chi connectivity index (χ1n) is 7.99. The van der Waals surface area contributed by atoms with Crippen LogP contribution in [0.3, 0.4) is 0 Å². The first kappa shape index (κ1) is 18.5. The molecule has 2 rings (SSSR count). The van der Waals surface area contributed by atoms with Gasteiger partial charge in [0.25, 0.3) is 5.91 Å². The van der Waals surface area contributed by atoms with Gasteiger partial charge in [0.15, 0.2) is 0 Å². The minimum absolute atomic E-state index is 0.213. The zero-order valence-corrected chi connectivity index (χ0v) is 14.6. The van der Waals surface area contributed by atoms with E-state index >= 15 is 0 Å². The Hall–Kier alpha value is -2.79. The Morgan fingerprint density at radius 2 is 1.76 bits per heavy atom. The Labute approximate surface area is 148 Å². The first-order valence-corrected chi connectivity index (χ1v) is 7.99. The summed E-state index contributed by atoms with van der Waals surface area (Å²) in [4.78, 5) is 12.4. The van der Waals surface area contributed by atoms with E-state index in [-0.39, 0.29) is 5.91 Å². The molecular formula is C20H23NO4. The molecule has 0 atom stereocenters. The summed E-state index contributed by atoms with van der Waals surface area (Å²) in [6, 6.07) is 14.3. The van der Waals surface area contributed by atoms with Crippen LogP contribution in [0.5, 0.6) is 11.5 Å². The number of para-hydroxylation sites is 2. The Kier molecular flexibility index (Phi) is 7.04. The highest BCUT2D eigenvalue weighted by Crippen LogP contribution is 2.25. The highest BCUT2D eigenvalue weighted by molar-refractivity contribution is 6.05. The quantitative estimate of drug-likeness (QED) is 0.555. The zero-order chi connectivity index (χ0) is 18.1. The zero-order valence-electron chi connectivity index (χ0n) is 14.6. The topological polar surface area (TPSA) is 56.8 Å². The number of ether oxygens (including phenoxy) is 3. The van der Waals surface area contributed by atoms with Crippen molar-refractivity contribution in [3.8, 4) is 11.5 Å². The fraction of sp³-hybridized carbons (Fsp3) is 0.250. The monoisotopic (exact) mass is 341 g/mol. The summed E-state index contributed by atoms with van der Waals surface area (Å²) >= 11 is 0. The molecule has 2 aromatic carbocycles. The summed E-state index contributed by atoms with van der Waals surface area (Å²) in [6.07, 6.45) is 0. The third-order valence-corrected chi connectivity index (χ3v) is 3.28. The predicted octanol–water partition coefficient (Wildman–Crippen LogP) is 3.92. The van der Waals surface area contributed by atoms with Gasteiger partial charge in [-0.25, -0.2) is 0 Å². The number of anilines is 1. The first-order chi connectivity index (χ1) is 12.1. The highest BCUT2D eigenvalue weighted by atomic mass is 16.5. The van der Waals surface area contributed by atoms with Gasteiger partial charge in [-0.1, -0.05) is 18.7 Å². The Morgan fingerprint density at radius 3 is 2.44 bits per heavy atom. The molecule has 2 aromatic rings. The molecule has 0 heterocycles. The van der Waals surface area contributed by atoms with E-state index < -0.39 is 0 Å². The molecule has 0 saturated carbocycles. The molecule has 0 bridgehead atoms. The second-order valence-corrected chi connectivity index (χ2v) is 5.56. The van der Waals surface area contributed by atoms with Crippen molar-refractivity contribution in [1.29, 1.82) is 0 Å². The number of hydrogen-bond acceptors (Lipinski definition) is 4. The van der Waals surface area contributed by atoms with Crippen molar-refractivity contribution >= 4 is 11.6 Å². The molecule has 0 aromatic heterocycles. The van der Waals surface area contributed by atoms with Crippen molar-refractivity contribution < 1.29 is 19.0 Å². The molecule has 132 valence electrons. The fourth-order valence-corrected chi connectivity index (χ4v) is 2.04. The maximum atomic E-state index is 12.4. The minimum Gasteiger partial charge on any atom is -0.491 e. The second kappa shape index (κ2) is 9.49. The van der Waals surface area contributed by atoms with E-state index in [0.717, 1.165) is 5.57 Å². The predicted molar refractivity (Wildman–Crippen MR) is 98.5 cm³/mol. The van der Waals surface area contributed by atoms with Crippen LogP contribution < -0.4 is 14.8 Å². The van der Waals surface area contributed by atoms with Crippen molar-refractivity contribution in [2.75, 3.05) is 32.2 Å². The molecule has 5 nitrogen and oxygen atoms in total. The Bertz CT molecular complexity index is 710. The van der Waals surface area contributed by atoms with Crippen LogP contribution in [0.2, 0.25) is 0 Å². The molecule has 0 aliphatic carbocycles. The summed E-state index contributed by atoms with van der Waals surface area (Å²) in [5, 5.41) is 2.87. The average molecular weight is 341 g/mol. The largest absolute Gasteiger partial charge is 0.491 e. The molecule has 0 aliphatic rings. The molecule has 0 saturated heterocycles.